The van der Waals surface area contributed by atoms with E-state index in [4.69, 9.17) is 0 Å². The Bertz CT molecular complexity index is 1020. The number of aliphatic hydroxyl groups excluding tert-OH is 1. The summed E-state index contributed by atoms with van der Waals surface area (Å²) in [5.41, 5.74) is -0.538. The molecular formula is C23H27FN2O5. The number of hydrogen-bond acceptors (Lipinski definition) is 4. The number of halogens is 1. The second-order valence-corrected chi connectivity index (χ2v) is 7.96. The molecule has 1 aromatic heterocycles. The fourth-order valence-electron chi connectivity index (χ4n) is 4.25. The fourth-order valence-corrected chi connectivity index (χ4v) is 4.25. The van der Waals surface area contributed by atoms with E-state index >= 15 is 0 Å². The third-order valence-corrected chi connectivity index (χ3v) is 5.96. The Balaban J connectivity index is 2.03. The summed E-state index contributed by atoms with van der Waals surface area (Å²) in [6.45, 7) is 1.55. The number of carboxylic acids is 1. The number of carbonyl (C=O) groups excluding carboxylic acids is 1. The van der Waals surface area contributed by atoms with Crippen LogP contribution in [0.3, 0.4) is 0 Å². The number of amides is 1. The predicted octanol–water partition coefficient (Wildman–Crippen LogP) is 2.61. The minimum absolute atomic E-state index is 0.0977. The van der Waals surface area contributed by atoms with Gasteiger partial charge < -0.3 is 20.1 Å². The number of aliphatic carboxylic acids is 1. The molecule has 7 nitrogen and oxygen atoms in total. The van der Waals surface area contributed by atoms with Crippen LogP contribution in [0.2, 0.25) is 0 Å². The lowest BCUT2D eigenvalue weighted by atomic mass is 9.81. The van der Waals surface area contributed by atoms with Gasteiger partial charge in [-0.2, -0.15) is 0 Å². The largest absolute Gasteiger partial charge is 0.480 e. The summed E-state index contributed by atoms with van der Waals surface area (Å²) in [6, 6.07) is 7.02. The second-order valence-electron chi connectivity index (χ2n) is 7.96. The van der Waals surface area contributed by atoms with E-state index in [1.54, 1.807) is 12.1 Å². The monoisotopic (exact) mass is 430 g/mol. The van der Waals surface area contributed by atoms with Gasteiger partial charge in [-0.25, -0.2) is 9.18 Å². The van der Waals surface area contributed by atoms with Gasteiger partial charge in [-0.15, -0.1) is 0 Å². The number of nitrogens with zero attached hydrogens (tertiary/aromatic N) is 1. The van der Waals surface area contributed by atoms with Gasteiger partial charge in [-0.1, -0.05) is 38.3 Å². The van der Waals surface area contributed by atoms with Gasteiger partial charge in [0.15, 0.2) is 0 Å². The molecule has 0 spiro atoms. The highest BCUT2D eigenvalue weighted by Crippen LogP contribution is 2.29. The van der Waals surface area contributed by atoms with Crippen molar-refractivity contribution >= 4 is 11.9 Å². The van der Waals surface area contributed by atoms with E-state index in [0.717, 1.165) is 6.42 Å². The van der Waals surface area contributed by atoms with E-state index < -0.39 is 28.8 Å². The first-order valence-corrected chi connectivity index (χ1v) is 10.5. The number of carbonyl (C=O) groups is 2. The van der Waals surface area contributed by atoms with Gasteiger partial charge in [0, 0.05) is 5.69 Å². The highest BCUT2D eigenvalue weighted by molar-refractivity contribution is 5.97. The molecular weight excluding hydrogens is 403 g/mol. The maximum absolute atomic E-state index is 13.3. The van der Waals surface area contributed by atoms with Crippen molar-refractivity contribution in [2.24, 2.45) is 0 Å². The third-order valence-electron chi connectivity index (χ3n) is 5.96. The van der Waals surface area contributed by atoms with Gasteiger partial charge in [0.1, 0.15) is 16.9 Å². The molecule has 1 fully saturated rings. The summed E-state index contributed by atoms with van der Waals surface area (Å²) in [5, 5.41) is 22.2. The first kappa shape index (κ1) is 22.7. The molecule has 0 atom stereocenters. The summed E-state index contributed by atoms with van der Waals surface area (Å²) < 4.78 is 14.7. The summed E-state index contributed by atoms with van der Waals surface area (Å²) >= 11 is 0. The molecule has 1 aromatic carbocycles. The van der Waals surface area contributed by atoms with Crippen LogP contribution in [-0.2, 0) is 24.4 Å². The number of benzene rings is 1. The van der Waals surface area contributed by atoms with Crippen LogP contribution in [0.4, 0.5) is 4.39 Å². The molecule has 0 saturated heterocycles. The maximum atomic E-state index is 13.3. The highest BCUT2D eigenvalue weighted by Gasteiger charge is 2.41. The molecule has 1 aliphatic carbocycles. The van der Waals surface area contributed by atoms with Crippen molar-refractivity contribution in [3.63, 3.8) is 0 Å². The molecule has 31 heavy (non-hydrogen) atoms. The zero-order chi connectivity index (χ0) is 22.6. The van der Waals surface area contributed by atoms with Gasteiger partial charge in [0.05, 0.1) is 13.2 Å². The summed E-state index contributed by atoms with van der Waals surface area (Å²) in [6.07, 6.45) is 3.30. The Kier molecular flexibility index (Phi) is 6.90. The number of rotatable bonds is 7. The van der Waals surface area contributed by atoms with Gasteiger partial charge in [0.2, 0.25) is 0 Å². The molecule has 3 N–H and O–H groups in total. The number of carboxylic acid groups (broad SMARTS) is 1. The Hall–Kier alpha value is -3.00. The number of hydrogen-bond donors (Lipinski definition) is 3. The van der Waals surface area contributed by atoms with Crippen LogP contribution >= 0.6 is 0 Å². The van der Waals surface area contributed by atoms with Crippen molar-refractivity contribution in [1.29, 1.82) is 0 Å². The van der Waals surface area contributed by atoms with Crippen molar-refractivity contribution in [3.8, 4) is 0 Å². The van der Waals surface area contributed by atoms with Crippen molar-refractivity contribution in [1.82, 2.24) is 9.88 Å². The molecule has 8 heteroatoms. The summed E-state index contributed by atoms with van der Waals surface area (Å²) in [4.78, 5) is 38.2. The molecule has 0 bridgehead atoms. The van der Waals surface area contributed by atoms with E-state index in [2.05, 4.69) is 5.32 Å². The lowest BCUT2D eigenvalue weighted by Gasteiger charge is -2.34. The second kappa shape index (κ2) is 9.43. The van der Waals surface area contributed by atoms with Crippen LogP contribution in [0.25, 0.3) is 0 Å². The minimum Gasteiger partial charge on any atom is -0.480 e. The normalized spacial score (nSPS) is 15.5. The fraction of sp³-hybridized carbons (Fsp3) is 0.435. The molecule has 0 unspecified atom stereocenters. The van der Waals surface area contributed by atoms with Crippen LogP contribution in [0.5, 0.6) is 0 Å². The van der Waals surface area contributed by atoms with Crippen LogP contribution in [0, 0.1) is 5.82 Å². The quantitative estimate of drug-likeness (QED) is 0.626. The molecule has 166 valence electrons. The van der Waals surface area contributed by atoms with Crippen molar-refractivity contribution in [3.05, 3.63) is 68.9 Å². The van der Waals surface area contributed by atoms with Gasteiger partial charge in [-0.05, 0) is 48.6 Å². The van der Waals surface area contributed by atoms with E-state index in [1.165, 1.54) is 22.8 Å². The number of aliphatic hydroxyl groups is 1. The zero-order valence-corrected chi connectivity index (χ0v) is 17.5. The SMILES string of the molecule is CCc1c(CO)cc(C(=O)NC2(C(=O)O)CCCCC2)c(=O)n1Cc1ccc(F)cc1. The average molecular weight is 430 g/mol. The van der Waals surface area contributed by atoms with Gasteiger partial charge in [0.25, 0.3) is 11.5 Å². The minimum atomic E-state index is -1.40. The Labute approximate surface area is 179 Å². The molecule has 1 aliphatic rings. The van der Waals surface area contributed by atoms with Gasteiger partial charge in [-0.3, -0.25) is 9.59 Å². The summed E-state index contributed by atoms with van der Waals surface area (Å²) in [7, 11) is 0. The Morgan fingerprint density at radius 2 is 1.81 bits per heavy atom. The number of nitrogens with one attached hydrogen (secondary N) is 1. The lowest BCUT2D eigenvalue weighted by molar-refractivity contribution is -0.145. The Morgan fingerprint density at radius 1 is 1.16 bits per heavy atom. The molecule has 1 amide bonds. The van der Waals surface area contributed by atoms with E-state index in [0.29, 0.717) is 48.9 Å². The van der Waals surface area contributed by atoms with Crippen LogP contribution in [0.15, 0.2) is 35.1 Å². The van der Waals surface area contributed by atoms with Crippen LogP contribution in [-0.4, -0.2) is 32.2 Å². The Morgan fingerprint density at radius 3 is 2.35 bits per heavy atom. The third kappa shape index (κ3) is 4.69. The van der Waals surface area contributed by atoms with Crippen molar-refractivity contribution in [2.45, 2.75) is 64.1 Å². The lowest BCUT2D eigenvalue weighted by Crippen LogP contribution is -2.56. The standard InChI is InChI=1S/C23H27FN2O5/c1-2-19-16(14-27)12-18(20(28)25-23(22(30)31)10-4-3-5-11-23)21(29)26(19)13-15-6-8-17(24)9-7-15/h6-9,12,27H,2-5,10-11,13-14H2,1H3,(H,25,28)(H,30,31). The first-order chi connectivity index (χ1) is 14.8. The van der Waals surface area contributed by atoms with Crippen molar-refractivity contribution < 1.29 is 24.2 Å². The van der Waals surface area contributed by atoms with Crippen LogP contribution < -0.4 is 10.9 Å². The average Bonchev–Trinajstić information content (AvgIpc) is 2.76. The van der Waals surface area contributed by atoms with E-state index in [9.17, 15) is 29.0 Å². The molecule has 0 radical (unpaired) electrons. The van der Waals surface area contributed by atoms with Gasteiger partial charge >= 0.3 is 5.97 Å². The predicted molar refractivity (Wildman–Crippen MR) is 112 cm³/mol. The molecule has 2 aromatic rings. The molecule has 0 aliphatic heterocycles. The zero-order valence-electron chi connectivity index (χ0n) is 17.5. The van der Waals surface area contributed by atoms with Crippen molar-refractivity contribution in [2.75, 3.05) is 0 Å². The smallest absolute Gasteiger partial charge is 0.329 e. The summed E-state index contributed by atoms with van der Waals surface area (Å²) in [5.74, 6) is -2.28. The maximum Gasteiger partial charge on any atom is 0.329 e. The van der Waals surface area contributed by atoms with E-state index in [-0.39, 0.29) is 18.7 Å². The molecule has 1 saturated carbocycles. The highest BCUT2D eigenvalue weighted by atomic mass is 19.1. The van der Waals surface area contributed by atoms with E-state index in [1.807, 2.05) is 6.92 Å². The molecule has 1 heterocycles. The number of pyridine rings is 1. The van der Waals surface area contributed by atoms with Crippen LogP contribution in [0.1, 0.15) is 66.2 Å². The molecule has 3 rings (SSSR count). The number of aromatic nitrogens is 1. The topological polar surface area (TPSA) is 109 Å². The first-order valence-electron chi connectivity index (χ1n) is 10.5.